The Balaban J connectivity index is 0. The summed E-state index contributed by atoms with van der Waals surface area (Å²) in [5, 5.41) is 0.481. The molecular formula is C9H21LiS2Si. The van der Waals surface area contributed by atoms with E-state index in [4.69, 9.17) is 0 Å². The van der Waals surface area contributed by atoms with Crippen LogP contribution in [-0.2, 0) is 0 Å². The normalized spacial score (nSPS) is 12.9. The predicted octanol–water partition coefficient (Wildman–Crippen LogP) is 1.25. The van der Waals surface area contributed by atoms with Gasteiger partial charge in [-0.2, -0.15) is 0 Å². The van der Waals surface area contributed by atoms with Gasteiger partial charge in [0.2, 0.25) is 0 Å². The van der Waals surface area contributed by atoms with Crippen LogP contribution in [-0.4, -0.2) is 20.6 Å². The van der Waals surface area contributed by atoms with E-state index in [0.29, 0.717) is 5.04 Å². The molecule has 0 nitrogen and oxygen atoms in total. The van der Waals surface area contributed by atoms with Crippen LogP contribution < -0.4 is 18.9 Å². The first-order chi connectivity index (χ1) is 5.27. The van der Waals surface area contributed by atoms with E-state index in [2.05, 4.69) is 46.4 Å². The molecule has 74 valence electrons. The Morgan fingerprint density at radius 1 is 1.00 bits per heavy atom. The van der Waals surface area contributed by atoms with Crippen LogP contribution in [0.5, 0.6) is 0 Å². The standard InChI is InChI=1S/C9H21S2Si.Li/c1-9(2,3)12(6,7)8(10-4)11-5;/h1-7H3;/q-1;+1. The topological polar surface area (TPSA) is 0 Å². The van der Waals surface area contributed by atoms with Crippen molar-refractivity contribution < 1.29 is 18.9 Å². The van der Waals surface area contributed by atoms with Crippen molar-refractivity contribution in [1.29, 1.82) is 0 Å². The summed E-state index contributed by atoms with van der Waals surface area (Å²) in [5.41, 5.74) is 0. The maximum absolute atomic E-state index is 2.47. The molecule has 0 saturated heterocycles. The maximum atomic E-state index is 2.47. The molecule has 0 amide bonds. The Bertz CT molecular complexity index is 139. The molecule has 0 atom stereocenters. The second-order valence-corrected chi connectivity index (χ2v) is 12.4. The van der Waals surface area contributed by atoms with E-state index in [1.807, 2.05) is 23.5 Å². The summed E-state index contributed by atoms with van der Waals surface area (Å²) in [6.45, 7) is 12.0. The van der Waals surface area contributed by atoms with Crippen molar-refractivity contribution in [2.45, 2.75) is 38.9 Å². The van der Waals surface area contributed by atoms with E-state index >= 15 is 0 Å². The SMILES string of the molecule is CS[C-](SC)[Si](C)(C)C(C)(C)C.[Li+]. The van der Waals surface area contributed by atoms with Crippen LogP contribution in [0.15, 0.2) is 0 Å². The van der Waals surface area contributed by atoms with Gasteiger partial charge in [-0.1, -0.05) is 47.0 Å². The number of rotatable bonds is 3. The summed E-state index contributed by atoms with van der Waals surface area (Å²) in [7, 11) is -1.19. The average Bonchev–Trinajstić information content (AvgIpc) is 1.87. The van der Waals surface area contributed by atoms with E-state index in [0.717, 1.165) is 0 Å². The second-order valence-electron chi connectivity index (χ2n) is 4.57. The molecule has 0 fully saturated rings. The van der Waals surface area contributed by atoms with Gasteiger partial charge in [0.1, 0.15) is 0 Å². The Morgan fingerprint density at radius 3 is 1.38 bits per heavy atom. The second kappa shape index (κ2) is 6.17. The first-order valence-electron chi connectivity index (χ1n) is 4.22. The molecular weight excluding hydrogens is 207 g/mol. The van der Waals surface area contributed by atoms with Crippen molar-refractivity contribution in [3.05, 3.63) is 4.21 Å². The van der Waals surface area contributed by atoms with Gasteiger partial charge in [-0.15, -0.1) is 0 Å². The van der Waals surface area contributed by atoms with Crippen LogP contribution in [0.4, 0.5) is 0 Å². The molecule has 0 aromatic heterocycles. The van der Waals surface area contributed by atoms with E-state index in [9.17, 15) is 0 Å². The Kier molecular flexibility index (Phi) is 8.04. The molecule has 0 unspecified atom stereocenters. The molecule has 0 aromatic rings. The zero-order chi connectivity index (χ0) is 9.99. The molecule has 0 radical (unpaired) electrons. The fourth-order valence-electron chi connectivity index (χ4n) is 0.900. The van der Waals surface area contributed by atoms with Gasteiger partial charge in [0.25, 0.3) is 0 Å². The van der Waals surface area contributed by atoms with Crippen molar-refractivity contribution in [3.8, 4) is 0 Å². The van der Waals surface area contributed by atoms with E-state index in [1.54, 1.807) is 4.21 Å². The van der Waals surface area contributed by atoms with Crippen LogP contribution in [0.25, 0.3) is 0 Å². The molecule has 0 aliphatic heterocycles. The molecule has 4 heteroatoms. The molecule has 0 spiro atoms. The van der Waals surface area contributed by atoms with Gasteiger partial charge in [-0.05, 0) is 12.5 Å². The summed E-state index contributed by atoms with van der Waals surface area (Å²) in [5.74, 6) is 0. The Morgan fingerprint density at radius 2 is 1.31 bits per heavy atom. The molecule has 0 rings (SSSR count). The molecule has 0 saturated carbocycles. The van der Waals surface area contributed by atoms with Gasteiger partial charge in [0.05, 0.1) is 0 Å². The van der Waals surface area contributed by atoms with Crippen LogP contribution in [0.3, 0.4) is 0 Å². The number of hydrogen-bond donors (Lipinski definition) is 0. The van der Waals surface area contributed by atoms with Crippen LogP contribution in [0.2, 0.25) is 18.1 Å². The molecule has 0 N–H and O–H groups in total. The van der Waals surface area contributed by atoms with Gasteiger partial charge in [0, 0.05) is 0 Å². The minimum atomic E-state index is -1.19. The number of hydrogen-bond acceptors (Lipinski definition) is 2. The quantitative estimate of drug-likeness (QED) is 0.527. The van der Waals surface area contributed by atoms with E-state index in [1.165, 1.54) is 0 Å². The molecule has 0 aliphatic rings. The van der Waals surface area contributed by atoms with E-state index < -0.39 is 8.07 Å². The molecule has 0 aromatic carbocycles. The van der Waals surface area contributed by atoms with Gasteiger partial charge in [-0.25, -0.2) is 4.21 Å². The van der Waals surface area contributed by atoms with Crippen molar-refractivity contribution in [2.75, 3.05) is 12.5 Å². The maximum Gasteiger partial charge on any atom is 1.00 e. The zero-order valence-electron chi connectivity index (χ0n) is 10.3. The fraction of sp³-hybridized carbons (Fsp3) is 0.889. The van der Waals surface area contributed by atoms with Gasteiger partial charge >= 0.3 is 18.9 Å². The van der Waals surface area contributed by atoms with Gasteiger partial charge in [-0.3, -0.25) is 0 Å². The summed E-state index contributed by atoms with van der Waals surface area (Å²) >= 11 is 3.89. The third-order valence-corrected chi connectivity index (χ3v) is 13.6. The van der Waals surface area contributed by atoms with Crippen molar-refractivity contribution in [1.82, 2.24) is 0 Å². The van der Waals surface area contributed by atoms with E-state index in [-0.39, 0.29) is 18.9 Å². The van der Waals surface area contributed by atoms with Crippen molar-refractivity contribution >= 4 is 31.6 Å². The Hall–Kier alpha value is 1.51. The summed E-state index contributed by atoms with van der Waals surface area (Å²) in [4.78, 5) is 0. The van der Waals surface area contributed by atoms with Gasteiger partial charge < -0.3 is 23.5 Å². The summed E-state index contributed by atoms with van der Waals surface area (Å²) < 4.78 is 1.66. The van der Waals surface area contributed by atoms with Crippen LogP contribution >= 0.6 is 23.5 Å². The number of thioether (sulfide) groups is 2. The minimum absolute atomic E-state index is 0. The van der Waals surface area contributed by atoms with Crippen LogP contribution in [0.1, 0.15) is 20.8 Å². The predicted molar refractivity (Wildman–Crippen MR) is 67.5 cm³/mol. The largest absolute Gasteiger partial charge is 1.00 e. The first kappa shape index (κ1) is 16.9. The first-order valence-corrected chi connectivity index (χ1v) is 9.67. The van der Waals surface area contributed by atoms with Gasteiger partial charge in [0.15, 0.2) is 0 Å². The fourth-order valence-corrected chi connectivity index (χ4v) is 8.10. The molecule has 0 heterocycles. The minimum Gasteiger partial charge on any atom is -0.342 e. The molecule has 13 heavy (non-hydrogen) atoms. The molecule has 0 aliphatic carbocycles. The average molecular weight is 228 g/mol. The van der Waals surface area contributed by atoms with Crippen LogP contribution in [0, 0.1) is 4.21 Å². The van der Waals surface area contributed by atoms with Crippen molar-refractivity contribution in [3.63, 3.8) is 0 Å². The molecule has 0 bridgehead atoms. The third kappa shape index (κ3) is 4.26. The summed E-state index contributed by atoms with van der Waals surface area (Å²) in [6.07, 6.45) is 4.40. The zero-order valence-corrected chi connectivity index (χ0v) is 12.9. The third-order valence-electron chi connectivity index (χ3n) is 2.76. The monoisotopic (exact) mass is 228 g/mol. The van der Waals surface area contributed by atoms with Crippen molar-refractivity contribution in [2.24, 2.45) is 0 Å². The smallest absolute Gasteiger partial charge is 0.342 e. The Labute approximate surface area is 106 Å². The summed E-state index contributed by atoms with van der Waals surface area (Å²) in [6, 6.07) is 0.